The highest BCUT2D eigenvalue weighted by molar-refractivity contribution is 5.95. The van der Waals surface area contributed by atoms with E-state index in [1.165, 1.54) is 45.6 Å². The maximum atomic E-state index is 13.1. The third-order valence-corrected chi connectivity index (χ3v) is 4.97. The van der Waals surface area contributed by atoms with Crippen molar-refractivity contribution in [2.75, 3.05) is 27.9 Å². The average molecular weight is 482 g/mol. The number of non-ortho nitro benzene ring substituents is 1. The number of carbonyl (C=O) groups excluding carboxylic acids is 1. The average Bonchev–Trinajstić information content (AvgIpc) is 3.31. The summed E-state index contributed by atoms with van der Waals surface area (Å²) in [5.74, 6) is 0.894. The van der Waals surface area contributed by atoms with E-state index in [1.54, 1.807) is 24.3 Å². The van der Waals surface area contributed by atoms with Gasteiger partial charge < -0.3 is 18.9 Å². The summed E-state index contributed by atoms with van der Waals surface area (Å²) in [5.41, 5.74) is 1.07. The Morgan fingerprint density at radius 1 is 1.09 bits per heavy atom. The summed E-state index contributed by atoms with van der Waals surface area (Å²) in [5, 5.41) is 15.1. The Hall–Kier alpha value is -4.41. The lowest BCUT2D eigenvalue weighted by atomic mass is 10.1. The second-order valence-electron chi connectivity index (χ2n) is 7.27. The SMILES string of the molecule is CCCCOc1nc(-c2cc(OC)c(OC)c(OC)c2)n(C(=O)/C=C/c2ccc([N+](=O)[O-])cc2)n1. The fourth-order valence-corrected chi connectivity index (χ4v) is 3.16. The number of hydrogen-bond donors (Lipinski definition) is 0. The molecule has 0 unspecified atom stereocenters. The number of nitro groups is 1. The van der Waals surface area contributed by atoms with E-state index in [1.807, 2.05) is 6.92 Å². The molecule has 2 aromatic carbocycles. The zero-order chi connectivity index (χ0) is 25.4. The largest absolute Gasteiger partial charge is 0.493 e. The van der Waals surface area contributed by atoms with E-state index in [-0.39, 0.29) is 17.5 Å². The van der Waals surface area contributed by atoms with Crippen molar-refractivity contribution in [3.05, 3.63) is 58.2 Å². The number of methoxy groups -OCH3 is 3. The second-order valence-corrected chi connectivity index (χ2v) is 7.27. The molecule has 0 aliphatic rings. The third-order valence-electron chi connectivity index (χ3n) is 4.97. The van der Waals surface area contributed by atoms with Crippen molar-refractivity contribution in [2.24, 2.45) is 0 Å². The summed E-state index contributed by atoms with van der Waals surface area (Å²) < 4.78 is 22.9. The van der Waals surface area contributed by atoms with E-state index in [0.29, 0.717) is 35.0 Å². The van der Waals surface area contributed by atoms with Crippen LogP contribution in [-0.2, 0) is 0 Å². The number of carbonyl (C=O) groups is 1. The molecule has 184 valence electrons. The van der Waals surface area contributed by atoms with Gasteiger partial charge in [-0.25, -0.2) is 0 Å². The van der Waals surface area contributed by atoms with Crippen LogP contribution in [0.4, 0.5) is 5.69 Å². The number of benzene rings is 2. The summed E-state index contributed by atoms with van der Waals surface area (Å²) >= 11 is 0. The molecule has 0 spiro atoms. The first-order chi connectivity index (χ1) is 16.9. The van der Waals surface area contributed by atoms with E-state index < -0.39 is 10.8 Å². The summed E-state index contributed by atoms with van der Waals surface area (Å²) in [6, 6.07) is 9.18. The number of nitrogens with zero attached hydrogens (tertiary/aromatic N) is 4. The number of allylic oxidation sites excluding steroid dienone is 1. The van der Waals surface area contributed by atoms with Crippen molar-refractivity contribution < 1.29 is 28.7 Å². The van der Waals surface area contributed by atoms with Crippen LogP contribution < -0.4 is 18.9 Å². The molecule has 0 saturated heterocycles. The van der Waals surface area contributed by atoms with Crippen LogP contribution in [0.15, 0.2) is 42.5 Å². The summed E-state index contributed by atoms with van der Waals surface area (Å²) in [6.45, 7) is 2.44. The lowest BCUT2D eigenvalue weighted by Gasteiger charge is -2.13. The topological polar surface area (TPSA) is 128 Å². The van der Waals surface area contributed by atoms with Gasteiger partial charge in [0.15, 0.2) is 17.3 Å². The number of aromatic nitrogens is 3. The molecule has 1 heterocycles. The van der Waals surface area contributed by atoms with Gasteiger partial charge in [0, 0.05) is 23.8 Å². The predicted molar refractivity (Wildman–Crippen MR) is 128 cm³/mol. The number of rotatable bonds is 11. The molecule has 0 radical (unpaired) electrons. The number of nitro benzene ring substituents is 1. The van der Waals surface area contributed by atoms with E-state index in [2.05, 4.69) is 10.1 Å². The molecule has 0 amide bonds. The monoisotopic (exact) mass is 482 g/mol. The zero-order valence-electron chi connectivity index (χ0n) is 19.9. The molecule has 3 rings (SSSR count). The van der Waals surface area contributed by atoms with Crippen molar-refractivity contribution in [1.29, 1.82) is 0 Å². The van der Waals surface area contributed by atoms with Gasteiger partial charge in [-0.15, -0.1) is 5.10 Å². The highest BCUT2D eigenvalue weighted by atomic mass is 16.6. The number of hydrogen-bond acceptors (Lipinski definition) is 9. The van der Waals surface area contributed by atoms with Gasteiger partial charge in [0.1, 0.15) is 0 Å². The van der Waals surface area contributed by atoms with E-state index in [9.17, 15) is 14.9 Å². The molecule has 3 aromatic rings. The predicted octanol–water partition coefficient (Wildman–Crippen LogP) is 4.41. The zero-order valence-corrected chi connectivity index (χ0v) is 19.9. The maximum Gasteiger partial charge on any atom is 0.336 e. The van der Waals surface area contributed by atoms with Gasteiger partial charge in [-0.1, -0.05) is 13.3 Å². The normalized spacial score (nSPS) is 10.9. The van der Waals surface area contributed by atoms with Gasteiger partial charge in [-0.3, -0.25) is 14.9 Å². The van der Waals surface area contributed by atoms with E-state index in [4.69, 9.17) is 18.9 Å². The molecule has 0 N–H and O–H groups in total. The van der Waals surface area contributed by atoms with Crippen molar-refractivity contribution in [3.63, 3.8) is 0 Å². The lowest BCUT2D eigenvalue weighted by molar-refractivity contribution is -0.384. The van der Waals surface area contributed by atoms with Crippen LogP contribution in [0.25, 0.3) is 17.5 Å². The van der Waals surface area contributed by atoms with Gasteiger partial charge in [-0.2, -0.15) is 9.67 Å². The second kappa shape index (κ2) is 11.6. The quantitative estimate of drug-likeness (QED) is 0.169. The molecule has 0 saturated carbocycles. The van der Waals surface area contributed by atoms with Gasteiger partial charge in [0.05, 0.1) is 32.9 Å². The molecular formula is C24H26N4O7. The molecule has 0 atom stereocenters. The Kier molecular flexibility index (Phi) is 8.38. The summed E-state index contributed by atoms with van der Waals surface area (Å²) in [7, 11) is 4.47. The Bertz CT molecular complexity index is 1190. The first kappa shape index (κ1) is 25.2. The van der Waals surface area contributed by atoms with Gasteiger partial charge in [0.25, 0.3) is 11.6 Å². The first-order valence-electron chi connectivity index (χ1n) is 10.8. The molecule has 0 aliphatic heterocycles. The highest BCUT2D eigenvalue weighted by Gasteiger charge is 2.21. The van der Waals surface area contributed by atoms with E-state index >= 15 is 0 Å². The van der Waals surface area contributed by atoms with Crippen molar-refractivity contribution in [3.8, 4) is 34.6 Å². The van der Waals surface area contributed by atoms with E-state index in [0.717, 1.165) is 17.5 Å². The maximum absolute atomic E-state index is 13.1. The molecule has 11 heteroatoms. The molecule has 11 nitrogen and oxygen atoms in total. The third kappa shape index (κ3) is 5.94. The molecule has 1 aromatic heterocycles. The standard InChI is InChI=1S/C24H26N4O7/c1-5-6-13-35-24-25-23(17-14-19(32-2)22(34-4)20(15-17)33-3)27(26-24)21(29)12-9-16-7-10-18(11-8-16)28(30)31/h7-12,14-15H,5-6,13H2,1-4H3/b12-9+. The molecule has 0 aliphatic carbocycles. The lowest BCUT2D eigenvalue weighted by Crippen LogP contribution is -2.11. The van der Waals surface area contributed by atoms with Crippen LogP contribution in [0.5, 0.6) is 23.3 Å². The summed E-state index contributed by atoms with van der Waals surface area (Å²) in [4.78, 5) is 27.9. The van der Waals surface area contributed by atoms with Crippen molar-refractivity contribution >= 4 is 17.7 Å². The van der Waals surface area contributed by atoms with Gasteiger partial charge >= 0.3 is 6.01 Å². The number of unbranched alkanes of at least 4 members (excludes halogenated alkanes) is 1. The summed E-state index contributed by atoms with van der Waals surface area (Å²) in [6.07, 6.45) is 4.57. The minimum Gasteiger partial charge on any atom is -0.493 e. The van der Waals surface area contributed by atoms with Gasteiger partial charge in [-0.05, 0) is 42.3 Å². The van der Waals surface area contributed by atoms with Crippen LogP contribution in [-0.4, -0.2) is 53.5 Å². The fourth-order valence-electron chi connectivity index (χ4n) is 3.16. The Balaban J connectivity index is 2.00. The Morgan fingerprint density at radius 3 is 2.29 bits per heavy atom. The van der Waals surface area contributed by atoms with Gasteiger partial charge in [0.2, 0.25) is 5.75 Å². The van der Waals surface area contributed by atoms with Crippen LogP contribution in [0.3, 0.4) is 0 Å². The molecular weight excluding hydrogens is 456 g/mol. The fraction of sp³-hybridized carbons (Fsp3) is 0.292. The Labute approximate surface area is 202 Å². The Morgan fingerprint density at radius 2 is 1.74 bits per heavy atom. The smallest absolute Gasteiger partial charge is 0.336 e. The van der Waals surface area contributed by atoms with Crippen LogP contribution >= 0.6 is 0 Å². The molecule has 0 bridgehead atoms. The molecule has 35 heavy (non-hydrogen) atoms. The minimum atomic E-state index is -0.495. The highest BCUT2D eigenvalue weighted by Crippen LogP contribution is 2.41. The number of ether oxygens (including phenoxy) is 4. The van der Waals surface area contributed by atoms with Crippen molar-refractivity contribution in [2.45, 2.75) is 19.8 Å². The van der Waals surface area contributed by atoms with Crippen LogP contribution in [0, 0.1) is 10.1 Å². The van der Waals surface area contributed by atoms with Crippen LogP contribution in [0.1, 0.15) is 30.1 Å². The van der Waals surface area contributed by atoms with Crippen LogP contribution in [0.2, 0.25) is 0 Å². The molecule has 0 fully saturated rings. The van der Waals surface area contributed by atoms with Crippen molar-refractivity contribution in [1.82, 2.24) is 14.8 Å². The first-order valence-corrected chi connectivity index (χ1v) is 10.8. The minimum absolute atomic E-state index is 0.0386.